The minimum atomic E-state index is -0.461. The second-order valence-corrected chi connectivity index (χ2v) is 12.5. The van der Waals surface area contributed by atoms with Crippen molar-refractivity contribution in [3.63, 3.8) is 0 Å². The molecular formula is C35H40N2O5S. The molecule has 4 aromatic rings. The highest BCUT2D eigenvalue weighted by atomic mass is 32.1. The van der Waals surface area contributed by atoms with Crippen LogP contribution in [0.2, 0.25) is 0 Å². The molecule has 2 fully saturated rings. The first kappa shape index (κ1) is 29.8. The van der Waals surface area contributed by atoms with Crippen LogP contribution in [-0.4, -0.2) is 72.5 Å². The van der Waals surface area contributed by atoms with E-state index >= 15 is 0 Å². The van der Waals surface area contributed by atoms with Gasteiger partial charge in [0.05, 0.1) is 25.9 Å². The van der Waals surface area contributed by atoms with E-state index in [9.17, 15) is 15.0 Å². The maximum Gasteiger partial charge on any atom is 0.154 e. The lowest BCUT2D eigenvalue weighted by Crippen LogP contribution is -2.35. The number of likely N-dealkylation sites (tertiary alicyclic amines) is 1. The molecule has 2 saturated heterocycles. The summed E-state index contributed by atoms with van der Waals surface area (Å²) in [5.41, 5.74) is 5.83. The number of hydrogen-bond acceptors (Lipinski definition) is 8. The summed E-state index contributed by atoms with van der Waals surface area (Å²) in [5.74, 6) is 0.843. The number of ether oxygens (including phenoxy) is 2. The van der Waals surface area contributed by atoms with Gasteiger partial charge >= 0.3 is 0 Å². The first-order valence-corrected chi connectivity index (χ1v) is 16.1. The van der Waals surface area contributed by atoms with E-state index in [1.807, 2.05) is 0 Å². The third kappa shape index (κ3) is 5.47. The molecule has 7 nitrogen and oxygen atoms in total. The number of morpholine rings is 1. The van der Waals surface area contributed by atoms with Gasteiger partial charge in [0.25, 0.3) is 0 Å². The van der Waals surface area contributed by atoms with Crippen molar-refractivity contribution in [2.45, 2.75) is 45.5 Å². The van der Waals surface area contributed by atoms with E-state index in [0.717, 1.165) is 76.7 Å². The van der Waals surface area contributed by atoms with E-state index in [1.54, 1.807) is 24.5 Å². The second kappa shape index (κ2) is 12.8. The molecule has 2 unspecified atom stereocenters. The van der Waals surface area contributed by atoms with Crippen molar-refractivity contribution in [2.75, 3.05) is 40.0 Å². The fourth-order valence-corrected chi connectivity index (χ4v) is 7.92. The number of aliphatic hydroxyl groups excluding tert-OH is 1. The fourth-order valence-electron chi connectivity index (χ4n) is 6.94. The van der Waals surface area contributed by atoms with Gasteiger partial charge in [0.2, 0.25) is 0 Å². The standard InChI is InChI=1S/C35H40N2O5S/c1-4-23-12-13-37(35(23)40)22(2)25-8-5-6-9-26(25)27-10-7-11-31-32(27)29(21-43-31)33-28(20-38)30(39)18-24(34(33)41-3)19-36-14-16-42-17-15-36/h5-11,18,20-23,35,39-40H,4,12-17,19H2,1-3H3/t22?,23?,35-/m0/s1. The summed E-state index contributed by atoms with van der Waals surface area (Å²) in [6, 6.07) is 16.4. The molecular weight excluding hydrogens is 560 g/mol. The lowest BCUT2D eigenvalue weighted by molar-refractivity contribution is -0.0149. The molecule has 3 aromatic carbocycles. The molecule has 3 atom stereocenters. The van der Waals surface area contributed by atoms with Crippen LogP contribution >= 0.6 is 11.3 Å². The van der Waals surface area contributed by atoms with Gasteiger partial charge in [-0.1, -0.05) is 43.3 Å². The van der Waals surface area contributed by atoms with Gasteiger partial charge in [0.15, 0.2) is 6.29 Å². The smallest absolute Gasteiger partial charge is 0.154 e. The topological polar surface area (TPSA) is 82.5 Å². The van der Waals surface area contributed by atoms with Gasteiger partial charge in [-0.3, -0.25) is 14.6 Å². The van der Waals surface area contributed by atoms with E-state index in [2.05, 4.69) is 71.5 Å². The first-order valence-electron chi connectivity index (χ1n) is 15.2. The summed E-state index contributed by atoms with van der Waals surface area (Å²) in [5, 5.41) is 25.3. The Labute approximate surface area is 257 Å². The lowest BCUT2D eigenvalue weighted by Gasteiger charge is -2.31. The Morgan fingerprint density at radius 3 is 2.58 bits per heavy atom. The number of aldehydes is 1. The summed E-state index contributed by atoms with van der Waals surface area (Å²) in [7, 11) is 1.63. The van der Waals surface area contributed by atoms with Crippen LogP contribution in [0.5, 0.6) is 11.5 Å². The van der Waals surface area contributed by atoms with Crippen molar-refractivity contribution in [3.05, 3.63) is 70.6 Å². The van der Waals surface area contributed by atoms with Crippen LogP contribution in [-0.2, 0) is 11.3 Å². The number of carbonyl (C=O) groups is 1. The molecule has 6 rings (SSSR count). The maximum atomic E-state index is 12.5. The van der Waals surface area contributed by atoms with Gasteiger partial charge in [-0.15, -0.1) is 11.3 Å². The monoisotopic (exact) mass is 600 g/mol. The summed E-state index contributed by atoms with van der Waals surface area (Å²) >= 11 is 1.62. The molecule has 2 aliphatic heterocycles. The number of nitrogens with zero attached hydrogens (tertiary/aromatic N) is 2. The van der Waals surface area contributed by atoms with Crippen LogP contribution in [0.1, 0.15) is 54.2 Å². The highest BCUT2D eigenvalue weighted by molar-refractivity contribution is 7.17. The number of fused-ring (bicyclic) bond motifs is 1. The minimum Gasteiger partial charge on any atom is -0.507 e. The average molecular weight is 601 g/mol. The second-order valence-electron chi connectivity index (χ2n) is 11.6. The van der Waals surface area contributed by atoms with Crippen LogP contribution in [0.15, 0.2) is 53.9 Å². The highest BCUT2D eigenvalue weighted by Crippen LogP contribution is 2.49. The number of hydrogen-bond donors (Lipinski definition) is 2. The first-order chi connectivity index (χ1) is 21.0. The van der Waals surface area contributed by atoms with E-state index in [0.29, 0.717) is 31.1 Å². The normalized spacial score (nSPS) is 20.5. The Kier molecular flexibility index (Phi) is 8.84. The number of aliphatic hydroxyl groups is 1. The third-order valence-electron chi connectivity index (χ3n) is 9.31. The van der Waals surface area contributed by atoms with Crippen molar-refractivity contribution in [2.24, 2.45) is 5.92 Å². The van der Waals surface area contributed by atoms with Crippen molar-refractivity contribution in [3.8, 4) is 33.8 Å². The number of benzene rings is 3. The van der Waals surface area contributed by atoms with Crippen LogP contribution in [0.25, 0.3) is 32.3 Å². The molecule has 43 heavy (non-hydrogen) atoms. The van der Waals surface area contributed by atoms with Crippen molar-refractivity contribution >= 4 is 27.7 Å². The molecule has 2 N–H and O–H groups in total. The van der Waals surface area contributed by atoms with Gasteiger partial charge < -0.3 is 19.7 Å². The number of phenolic OH excluding ortho intramolecular Hbond substituents is 1. The van der Waals surface area contributed by atoms with E-state index in [1.165, 1.54) is 0 Å². The van der Waals surface area contributed by atoms with Crippen molar-refractivity contribution in [1.29, 1.82) is 0 Å². The Balaban J connectivity index is 1.51. The fraction of sp³-hybridized carbons (Fsp3) is 0.400. The van der Waals surface area contributed by atoms with E-state index in [-0.39, 0.29) is 23.3 Å². The summed E-state index contributed by atoms with van der Waals surface area (Å²) in [6.07, 6.45) is 2.22. The van der Waals surface area contributed by atoms with Crippen molar-refractivity contribution in [1.82, 2.24) is 9.80 Å². The maximum absolute atomic E-state index is 12.5. The number of phenols is 1. The number of carbonyl (C=O) groups excluding carboxylic acids is 1. The molecule has 0 saturated carbocycles. The molecule has 3 heterocycles. The Morgan fingerprint density at radius 1 is 1.09 bits per heavy atom. The predicted molar refractivity (Wildman–Crippen MR) is 172 cm³/mol. The number of thiophene rings is 1. The zero-order chi connectivity index (χ0) is 30.1. The molecule has 8 heteroatoms. The number of aromatic hydroxyl groups is 1. The highest BCUT2D eigenvalue weighted by Gasteiger charge is 2.35. The molecule has 2 aliphatic rings. The SMILES string of the molecule is CCC1CCN(C(C)c2ccccc2-c2cccc3scc(-c4c(C=O)c(O)cc(CN5CCOCC5)c4OC)c23)[C@H]1O. The Hall–Kier alpha value is -3.27. The lowest BCUT2D eigenvalue weighted by atomic mass is 9.88. The van der Waals surface area contributed by atoms with Crippen LogP contribution in [0.4, 0.5) is 0 Å². The average Bonchev–Trinajstić information content (AvgIpc) is 3.64. The molecule has 226 valence electrons. The largest absolute Gasteiger partial charge is 0.507 e. The van der Waals surface area contributed by atoms with Crippen LogP contribution in [0.3, 0.4) is 0 Å². The molecule has 0 radical (unpaired) electrons. The Bertz CT molecular complexity index is 1610. The van der Waals surface area contributed by atoms with Gasteiger partial charge in [0.1, 0.15) is 17.7 Å². The third-order valence-corrected chi connectivity index (χ3v) is 10.3. The number of methoxy groups -OCH3 is 1. The zero-order valence-electron chi connectivity index (χ0n) is 25.1. The Morgan fingerprint density at radius 2 is 1.86 bits per heavy atom. The quantitative estimate of drug-likeness (QED) is 0.207. The van der Waals surface area contributed by atoms with Crippen molar-refractivity contribution < 1.29 is 24.5 Å². The predicted octanol–water partition coefficient (Wildman–Crippen LogP) is 6.71. The summed E-state index contributed by atoms with van der Waals surface area (Å²) < 4.78 is 12.7. The number of rotatable bonds is 9. The van der Waals surface area contributed by atoms with Gasteiger partial charge in [-0.05, 0) is 59.9 Å². The minimum absolute atomic E-state index is 0.0149. The molecule has 0 aliphatic carbocycles. The summed E-state index contributed by atoms with van der Waals surface area (Å²) in [4.78, 5) is 17.0. The van der Waals surface area contributed by atoms with Gasteiger partial charge in [-0.25, -0.2) is 0 Å². The van der Waals surface area contributed by atoms with E-state index < -0.39 is 6.23 Å². The molecule has 0 amide bonds. The van der Waals surface area contributed by atoms with Gasteiger partial charge in [-0.2, -0.15) is 0 Å². The van der Waals surface area contributed by atoms with Crippen LogP contribution < -0.4 is 4.74 Å². The van der Waals surface area contributed by atoms with Crippen LogP contribution in [0, 0.1) is 5.92 Å². The zero-order valence-corrected chi connectivity index (χ0v) is 25.9. The van der Waals surface area contributed by atoms with E-state index in [4.69, 9.17) is 9.47 Å². The summed E-state index contributed by atoms with van der Waals surface area (Å²) in [6.45, 7) is 8.67. The molecule has 0 bridgehead atoms. The molecule has 0 spiro atoms. The van der Waals surface area contributed by atoms with Gasteiger partial charge in [0, 0.05) is 59.0 Å². The molecule has 1 aromatic heterocycles.